The third kappa shape index (κ3) is 34.7. The van der Waals surface area contributed by atoms with Crippen LogP contribution >= 0.6 is 0 Å². The molecule has 2 fully saturated rings. The summed E-state index contributed by atoms with van der Waals surface area (Å²) < 4.78 is 34.1. The molecule has 0 N–H and O–H groups in total. The minimum Gasteiger partial charge on any atom is -2.00 e. The molecule has 2 heterocycles. The van der Waals surface area contributed by atoms with Crippen molar-refractivity contribution < 1.29 is 68.1 Å². The molecule has 0 bridgehead atoms. The Kier molecular flexibility index (Phi) is 37.3. The first-order chi connectivity index (χ1) is 13.4. The van der Waals surface area contributed by atoms with E-state index in [4.69, 9.17) is 17.5 Å². The summed E-state index contributed by atoms with van der Waals surface area (Å²) in [4.78, 5) is 14.4. The van der Waals surface area contributed by atoms with Gasteiger partial charge in [0, 0.05) is 123 Å². The fourth-order valence-corrected chi connectivity index (χ4v) is 2.72. The first-order valence-corrected chi connectivity index (χ1v) is 11.5. The van der Waals surface area contributed by atoms with Gasteiger partial charge in [-0.25, -0.2) is 0 Å². The van der Waals surface area contributed by atoms with E-state index in [0.29, 0.717) is 0 Å². The van der Waals surface area contributed by atoms with E-state index in [1.807, 2.05) is 0 Å². The van der Waals surface area contributed by atoms with Gasteiger partial charge >= 0.3 is 0 Å². The number of hydrogen-bond donors (Lipinski definition) is 0. The maximum absolute atomic E-state index is 8.52. The van der Waals surface area contributed by atoms with Gasteiger partial charge < -0.3 is 54.9 Å². The Morgan fingerprint density at radius 2 is 0.471 bits per heavy atom. The second-order valence-corrected chi connectivity index (χ2v) is 9.04. The van der Waals surface area contributed by atoms with Crippen LogP contribution in [0.4, 0.5) is 0 Å². The SMILES string of the molecule is CN1CCN(C)CCN(C)CC1.CN1CCN(C)CCN(C)CC1.O=S(=O)([O-])[O-].[Mn].[Mn].[O-2].[O-2].[O-2]. The minimum absolute atomic E-state index is 0. The summed E-state index contributed by atoms with van der Waals surface area (Å²) in [5.74, 6) is 0. The molecule has 0 amide bonds. The average Bonchev–Trinajstić information content (AvgIpc) is 2.73. The van der Waals surface area contributed by atoms with Gasteiger partial charge in [0.25, 0.3) is 0 Å². The van der Waals surface area contributed by atoms with Crippen molar-refractivity contribution in [1.29, 1.82) is 0 Å². The Morgan fingerprint density at radius 1 is 0.412 bits per heavy atom. The van der Waals surface area contributed by atoms with Crippen LogP contribution in [-0.4, -0.2) is 168 Å². The van der Waals surface area contributed by atoms with Gasteiger partial charge in [-0.1, -0.05) is 0 Å². The van der Waals surface area contributed by atoms with Crippen molar-refractivity contribution in [3.05, 3.63) is 0 Å². The van der Waals surface area contributed by atoms with Crippen LogP contribution in [0.2, 0.25) is 0 Å². The van der Waals surface area contributed by atoms with Crippen molar-refractivity contribution in [2.24, 2.45) is 0 Å². The normalized spacial score (nSPS) is 20.2. The first kappa shape index (κ1) is 47.7. The summed E-state index contributed by atoms with van der Waals surface area (Å²) in [6.45, 7) is 14.4. The van der Waals surface area contributed by atoms with Crippen LogP contribution in [0.5, 0.6) is 0 Å². The largest absolute Gasteiger partial charge is 2.00 e. The van der Waals surface area contributed by atoms with Crippen molar-refractivity contribution in [3.8, 4) is 0 Å². The van der Waals surface area contributed by atoms with Gasteiger partial charge in [0.1, 0.15) is 0 Å². The summed E-state index contributed by atoms with van der Waals surface area (Å²) in [6.07, 6.45) is 0. The first-order valence-electron chi connectivity index (χ1n) is 10.1. The van der Waals surface area contributed by atoms with Crippen molar-refractivity contribution in [3.63, 3.8) is 0 Å². The molecule has 2 aliphatic heterocycles. The summed E-state index contributed by atoms with van der Waals surface area (Å²) in [6, 6.07) is 0. The quantitative estimate of drug-likeness (QED) is 0.170. The molecule has 0 spiro atoms. The van der Waals surface area contributed by atoms with Gasteiger partial charge in [-0.2, -0.15) is 0 Å². The molecule has 2 saturated heterocycles. The molecule has 0 unspecified atom stereocenters. The number of likely N-dealkylation sites (N-methyl/N-ethyl adjacent to an activating group) is 6. The number of rotatable bonds is 0. The van der Waals surface area contributed by atoms with E-state index < -0.39 is 10.4 Å². The summed E-state index contributed by atoms with van der Waals surface area (Å²) >= 11 is 0. The van der Waals surface area contributed by atoms with Gasteiger partial charge in [0.15, 0.2) is 0 Å². The third-order valence-electron chi connectivity index (χ3n) is 5.18. The molecule has 0 aliphatic carbocycles. The van der Waals surface area contributed by atoms with Crippen LogP contribution in [0.1, 0.15) is 0 Å². The molecule has 0 aromatic heterocycles. The van der Waals surface area contributed by atoms with Crippen LogP contribution in [0.15, 0.2) is 0 Å². The van der Waals surface area contributed by atoms with E-state index in [-0.39, 0.29) is 50.6 Å². The predicted molar refractivity (Wildman–Crippen MR) is 118 cm³/mol. The monoisotopic (exact) mass is 596 g/mol. The van der Waals surface area contributed by atoms with Crippen LogP contribution < -0.4 is 0 Å². The number of nitrogens with zero attached hydrogens (tertiary/aromatic N) is 6. The van der Waals surface area contributed by atoms with Gasteiger partial charge in [0.05, 0.1) is 0 Å². The molecule has 0 saturated carbocycles. The molecule has 2 aliphatic rings. The van der Waals surface area contributed by atoms with Crippen LogP contribution in [-0.2, 0) is 61.0 Å². The molecule has 2 radical (unpaired) electrons. The second-order valence-electron chi connectivity index (χ2n) is 8.23. The van der Waals surface area contributed by atoms with Crippen LogP contribution in [0.25, 0.3) is 0 Å². The van der Waals surface area contributed by atoms with E-state index >= 15 is 0 Å². The van der Waals surface area contributed by atoms with Crippen molar-refractivity contribution >= 4 is 10.4 Å². The molecule has 0 atom stereocenters. The summed E-state index contributed by atoms with van der Waals surface area (Å²) in [5, 5.41) is 0. The fourth-order valence-electron chi connectivity index (χ4n) is 2.72. The van der Waals surface area contributed by atoms with E-state index in [9.17, 15) is 0 Å². The Labute approximate surface area is 228 Å². The molecule has 0 aromatic rings. The second kappa shape index (κ2) is 26.6. The standard InChI is InChI=1S/2C9H21N3.2Mn.H2O4S.3O/c2*1-10-4-6-11(2)8-9-12(3)7-5-10;;;1-5(2,3)4;;;/h2*4-9H2,1-3H3;;;(H2,1,2,3,4);;;/q;;;;;3*-2/p-2. The maximum atomic E-state index is 8.52. The molecular weight excluding hydrogens is 554 g/mol. The Balaban J connectivity index is -0.0000000860. The topological polar surface area (TPSA) is 185 Å². The summed E-state index contributed by atoms with van der Waals surface area (Å²) in [7, 11) is 8.04. The fraction of sp³-hybridized carbons (Fsp3) is 1.00. The molecule has 16 heteroatoms. The zero-order valence-corrected chi connectivity index (χ0v) is 24.4. The van der Waals surface area contributed by atoms with Crippen LogP contribution in [0, 0.1) is 0 Å². The number of hydrogen-bond acceptors (Lipinski definition) is 10. The van der Waals surface area contributed by atoms with Crippen molar-refractivity contribution in [1.82, 2.24) is 29.4 Å². The summed E-state index contributed by atoms with van der Waals surface area (Å²) in [5.41, 5.74) is 0. The van der Waals surface area contributed by atoms with Gasteiger partial charge in [-0.15, -0.1) is 0 Å². The average molecular weight is 597 g/mol. The van der Waals surface area contributed by atoms with Crippen LogP contribution in [0.3, 0.4) is 0 Å². The van der Waals surface area contributed by atoms with Gasteiger partial charge in [-0.3, -0.25) is 8.42 Å². The van der Waals surface area contributed by atoms with E-state index in [1.54, 1.807) is 0 Å². The van der Waals surface area contributed by atoms with E-state index in [0.717, 1.165) is 0 Å². The zero-order chi connectivity index (χ0) is 22.4. The molecule has 34 heavy (non-hydrogen) atoms. The van der Waals surface area contributed by atoms with Gasteiger partial charge in [-0.05, 0) is 42.3 Å². The third-order valence-corrected chi connectivity index (χ3v) is 5.18. The molecule has 2 rings (SSSR count). The Bertz CT molecular complexity index is 419. The smallest absolute Gasteiger partial charge is 0.0311 e. The minimum atomic E-state index is -5.17. The van der Waals surface area contributed by atoms with Gasteiger partial charge in [0.2, 0.25) is 0 Å². The zero-order valence-electron chi connectivity index (χ0n) is 21.2. The maximum Gasteiger partial charge on any atom is 0.0311 e. The van der Waals surface area contributed by atoms with Crippen molar-refractivity contribution in [2.45, 2.75) is 0 Å². The van der Waals surface area contributed by atoms with Crippen molar-refractivity contribution in [2.75, 3.05) is 121 Å². The molecule has 214 valence electrons. The van der Waals surface area contributed by atoms with E-state index in [2.05, 4.69) is 71.7 Å². The predicted octanol–water partition coefficient (Wildman–Crippen LogP) is -2.11. The molecular formula is C18H42Mn2N6O7S-8. The Hall–Kier alpha value is 0.549. The van der Waals surface area contributed by atoms with E-state index in [1.165, 1.54) is 78.5 Å². The molecule has 0 aromatic carbocycles. The molecule has 13 nitrogen and oxygen atoms in total. The Morgan fingerprint density at radius 3 is 0.529 bits per heavy atom.